The van der Waals surface area contributed by atoms with Crippen LogP contribution in [0.15, 0.2) is 35.7 Å². The molecule has 1 aliphatic rings. The average Bonchev–Trinajstić information content (AvgIpc) is 2.94. The minimum Gasteiger partial charge on any atom is -0.334 e. The largest absolute Gasteiger partial charge is 0.334 e. The van der Waals surface area contributed by atoms with Crippen LogP contribution in [0.25, 0.3) is 0 Å². The Morgan fingerprint density at radius 1 is 1.19 bits per heavy atom. The molecule has 1 aliphatic heterocycles. The first-order chi connectivity index (χ1) is 10.1. The monoisotopic (exact) mass is 300 g/mol. The van der Waals surface area contributed by atoms with Crippen molar-refractivity contribution in [3.63, 3.8) is 0 Å². The summed E-state index contributed by atoms with van der Waals surface area (Å²) in [6, 6.07) is 9.13. The first-order valence-corrected chi connectivity index (χ1v) is 7.73. The maximum atomic E-state index is 12.5. The van der Waals surface area contributed by atoms with E-state index in [2.05, 4.69) is 16.8 Å². The second kappa shape index (κ2) is 5.69. The standard InChI is InChI=1S/C16H16N2O2S/c1-11(19)17-14-4-2-12(3-5-14)16(20)18-8-6-15-13(10-18)7-9-21-15/h2-5,7,9H,6,8,10H2,1H3,(H,17,19). The number of rotatable bonds is 2. The van der Waals surface area contributed by atoms with Gasteiger partial charge in [0.05, 0.1) is 0 Å². The molecular formula is C16H16N2O2S. The Morgan fingerprint density at radius 3 is 2.67 bits per heavy atom. The maximum absolute atomic E-state index is 12.5. The minimum atomic E-state index is -0.116. The van der Waals surface area contributed by atoms with Gasteiger partial charge in [-0.3, -0.25) is 9.59 Å². The quantitative estimate of drug-likeness (QED) is 0.927. The highest BCUT2D eigenvalue weighted by molar-refractivity contribution is 7.10. The van der Waals surface area contributed by atoms with E-state index in [1.165, 1.54) is 17.4 Å². The molecule has 1 aromatic heterocycles. The Balaban J connectivity index is 1.72. The fourth-order valence-electron chi connectivity index (χ4n) is 2.50. The lowest BCUT2D eigenvalue weighted by molar-refractivity contribution is -0.114. The van der Waals surface area contributed by atoms with Gasteiger partial charge in [0.2, 0.25) is 5.91 Å². The number of hydrogen-bond donors (Lipinski definition) is 1. The number of carbonyl (C=O) groups excluding carboxylic acids is 2. The molecule has 0 bridgehead atoms. The van der Waals surface area contributed by atoms with Crippen molar-refractivity contribution in [2.75, 3.05) is 11.9 Å². The second-order valence-electron chi connectivity index (χ2n) is 5.10. The van der Waals surface area contributed by atoms with E-state index in [-0.39, 0.29) is 11.8 Å². The zero-order valence-corrected chi connectivity index (χ0v) is 12.6. The number of hydrogen-bond acceptors (Lipinski definition) is 3. The first kappa shape index (κ1) is 13.8. The molecule has 0 radical (unpaired) electrons. The van der Waals surface area contributed by atoms with Gasteiger partial charge < -0.3 is 10.2 Å². The summed E-state index contributed by atoms with van der Waals surface area (Å²) in [5.74, 6) is -0.0729. The Kier molecular flexibility index (Phi) is 3.75. The van der Waals surface area contributed by atoms with Gasteiger partial charge >= 0.3 is 0 Å². The van der Waals surface area contributed by atoms with Crippen LogP contribution >= 0.6 is 11.3 Å². The smallest absolute Gasteiger partial charge is 0.254 e. The molecule has 0 saturated heterocycles. The molecule has 108 valence electrons. The number of anilines is 1. The fraction of sp³-hybridized carbons (Fsp3) is 0.250. The molecule has 1 aromatic carbocycles. The van der Waals surface area contributed by atoms with Crippen molar-refractivity contribution in [3.05, 3.63) is 51.7 Å². The van der Waals surface area contributed by atoms with Crippen molar-refractivity contribution in [1.29, 1.82) is 0 Å². The van der Waals surface area contributed by atoms with E-state index in [9.17, 15) is 9.59 Å². The summed E-state index contributed by atoms with van der Waals surface area (Å²) in [6.45, 7) is 2.91. The van der Waals surface area contributed by atoms with Gasteiger partial charge in [0.15, 0.2) is 0 Å². The number of benzene rings is 1. The topological polar surface area (TPSA) is 49.4 Å². The Morgan fingerprint density at radius 2 is 1.95 bits per heavy atom. The number of thiophene rings is 1. The molecule has 0 spiro atoms. The van der Waals surface area contributed by atoms with Crippen LogP contribution in [-0.4, -0.2) is 23.3 Å². The molecule has 4 nitrogen and oxygen atoms in total. The van der Waals surface area contributed by atoms with Crippen molar-refractivity contribution < 1.29 is 9.59 Å². The normalized spacial score (nSPS) is 13.7. The predicted molar refractivity (Wildman–Crippen MR) is 83.5 cm³/mol. The summed E-state index contributed by atoms with van der Waals surface area (Å²) < 4.78 is 0. The lowest BCUT2D eigenvalue weighted by Gasteiger charge is -2.27. The number of amides is 2. The molecule has 0 unspecified atom stereocenters. The number of nitrogens with zero attached hydrogens (tertiary/aromatic N) is 1. The number of carbonyl (C=O) groups is 2. The van der Waals surface area contributed by atoms with Gasteiger partial charge in [0.1, 0.15) is 0 Å². The molecule has 3 rings (SSSR count). The zero-order valence-electron chi connectivity index (χ0n) is 11.8. The van der Waals surface area contributed by atoms with Crippen LogP contribution in [0.1, 0.15) is 27.7 Å². The van der Waals surface area contributed by atoms with E-state index in [4.69, 9.17) is 0 Å². The third kappa shape index (κ3) is 2.97. The van der Waals surface area contributed by atoms with Crippen molar-refractivity contribution in [1.82, 2.24) is 4.90 Å². The Bertz CT molecular complexity index is 676. The van der Waals surface area contributed by atoms with Crippen LogP contribution < -0.4 is 5.32 Å². The van der Waals surface area contributed by atoms with Crippen LogP contribution in [0.5, 0.6) is 0 Å². The molecule has 2 heterocycles. The third-order valence-corrected chi connectivity index (χ3v) is 4.57. The minimum absolute atomic E-state index is 0.0428. The molecule has 1 N–H and O–H groups in total. The van der Waals surface area contributed by atoms with E-state index in [0.717, 1.165) is 13.0 Å². The van der Waals surface area contributed by atoms with Gasteiger partial charge in [-0.2, -0.15) is 0 Å². The van der Waals surface area contributed by atoms with Gasteiger partial charge in [-0.1, -0.05) is 0 Å². The van der Waals surface area contributed by atoms with Crippen LogP contribution in [0.4, 0.5) is 5.69 Å². The van der Waals surface area contributed by atoms with Crippen LogP contribution in [0, 0.1) is 0 Å². The Hall–Kier alpha value is -2.14. The second-order valence-corrected chi connectivity index (χ2v) is 6.10. The highest BCUT2D eigenvalue weighted by Gasteiger charge is 2.22. The van der Waals surface area contributed by atoms with Gasteiger partial charge in [-0.15, -0.1) is 11.3 Å². The fourth-order valence-corrected chi connectivity index (χ4v) is 3.39. The summed E-state index contributed by atoms with van der Waals surface area (Å²) in [7, 11) is 0. The average molecular weight is 300 g/mol. The summed E-state index contributed by atoms with van der Waals surface area (Å²) in [6.07, 6.45) is 0.933. The first-order valence-electron chi connectivity index (χ1n) is 6.85. The van der Waals surface area contributed by atoms with Crippen molar-refractivity contribution in [2.45, 2.75) is 19.9 Å². The molecular weight excluding hydrogens is 284 g/mol. The van der Waals surface area contributed by atoms with E-state index < -0.39 is 0 Å². The van der Waals surface area contributed by atoms with E-state index >= 15 is 0 Å². The molecule has 2 amide bonds. The summed E-state index contributed by atoms with van der Waals surface area (Å²) >= 11 is 1.76. The third-order valence-electron chi connectivity index (χ3n) is 3.55. The van der Waals surface area contributed by atoms with Gasteiger partial charge in [-0.25, -0.2) is 0 Å². The van der Waals surface area contributed by atoms with Crippen LogP contribution in [0.3, 0.4) is 0 Å². The summed E-state index contributed by atoms with van der Waals surface area (Å²) in [4.78, 5) is 26.8. The van der Waals surface area contributed by atoms with Gasteiger partial charge in [0.25, 0.3) is 5.91 Å². The van der Waals surface area contributed by atoms with E-state index in [1.54, 1.807) is 35.6 Å². The van der Waals surface area contributed by atoms with E-state index in [0.29, 0.717) is 17.8 Å². The van der Waals surface area contributed by atoms with Gasteiger partial charge in [-0.05, 0) is 47.7 Å². The lowest BCUT2D eigenvalue weighted by atomic mass is 10.1. The van der Waals surface area contributed by atoms with Crippen molar-refractivity contribution >= 4 is 28.8 Å². The van der Waals surface area contributed by atoms with Gasteiger partial charge in [0, 0.05) is 36.1 Å². The lowest BCUT2D eigenvalue weighted by Crippen LogP contribution is -2.35. The van der Waals surface area contributed by atoms with Crippen molar-refractivity contribution in [2.24, 2.45) is 0 Å². The molecule has 5 heteroatoms. The highest BCUT2D eigenvalue weighted by Crippen LogP contribution is 2.25. The SMILES string of the molecule is CC(=O)Nc1ccc(C(=O)N2CCc3sccc3C2)cc1. The molecule has 0 aliphatic carbocycles. The highest BCUT2D eigenvalue weighted by atomic mass is 32.1. The van der Waals surface area contributed by atoms with E-state index in [1.807, 2.05) is 4.90 Å². The van der Waals surface area contributed by atoms with Crippen molar-refractivity contribution in [3.8, 4) is 0 Å². The number of fused-ring (bicyclic) bond motifs is 1. The van der Waals surface area contributed by atoms with Crippen LogP contribution in [0.2, 0.25) is 0 Å². The molecule has 0 fully saturated rings. The van der Waals surface area contributed by atoms with Crippen LogP contribution in [-0.2, 0) is 17.8 Å². The summed E-state index contributed by atoms with van der Waals surface area (Å²) in [5, 5.41) is 4.78. The number of nitrogens with one attached hydrogen (secondary N) is 1. The summed E-state index contributed by atoms with van der Waals surface area (Å²) in [5.41, 5.74) is 2.62. The molecule has 2 aromatic rings. The zero-order chi connectivity index (χ0) is 14.8. The molecule has 21 heavy (non-hydrogen) atoms. The molecule has 0 atom stereocenters. The molecule has 0 saturated carbocycles. The Labute approximate surface area is 127 Å². The predicted octanol–water partition coefficient (Wildman–Crippen LogP) is 2.91. The maximum Gasteiger partial charge on any atom is 0.254 e.